The summed E-state index contributed by atoms with van der Waals surface area (Å²) in [4.78, 5) is 12.6. The van der Waals surface area contributed by atoms with E-state index in [2.05, 4.69) is 0 Å². The Labute approximate surface area is 111 Å². The van der Waals surface area contributed by atoms with Crippen LogP contribution in [0.15, 0.2) is 18.2 Å². The van der Waals surface area contributed by atoms with Crippen LogP contribution in [0.2, 0.25) is 5.02 Å². The van der Waals surface area contributed by atoms with E-state index in [0.717, 1.165) is 5.69 Å². The van der Waals surface area contributed by atoms with Crippen LogP contribution in [0.3, 0.4) is 0 Å². The van der Waals surface area contributed by atoms with E-state index in [1.54, 1.807) is 18.2 Å². The lowest BCUT2D eigenvalue weighted by atomic mass is 10.1. The molecule has 1 aromatic carbocycles. The highest BCUT2D eigenvalue weighted by atomic mass is 35.5. The minimum absolute atomic E-state index is 0.0202. The van der Waals surface area contributed by atoms with E-state index in [1.807, 2.05) is 11.9 Å². The molecule has 0 N–H and O–H groups in total. The van der Waals surface area contributed by atoms with Crippen molar-refractivity contribution in [3.05, 3.63) is 28.8 Å². The Balaban J connectivity index is 2.22. The number of hydrogen-bond donors (Lipinski definition) is 0. The Morgan fingerprint density at radius 2 is 2.17 bits per heavy atom. The molecule has 0 radical (unpaired) electrons. The molecule has 1 heterocycles. The molecule has 0 amide bonds. The van der Waals surface area contributed by atoms with E-state index < -0.39 is 9.84 Å². The van der Waals surface area contributed by atoms with Crippen molar-refractivity contribution in [3.63, 3.8) is 0 Å². The Bertz CT molecular complexity index is 571. The molecule has 0 bridgehead atoms. The lowest BCUT2D eigenvalue weighted by molar-refractivity contribution is 0.112. The summed E-state index contributed by atoms with van der Waals surface area (Å²) in [6.45, 7) is 0. The fourth-order valence-corrected chi connectivity index (χ4v) is 4.12. The lowest BCUT2D eigenvalue weighted by Crippen LogP contribution is -2.32. The van der Waals surface area contributed by atoms with Crippen LogP contribution in [-0.4, -0.2) is 39.3 Å². The molecule has 6 heteroatoms. The first-order chi connectivity index (χ1) is 8.43. The number of hydrogen-bond acceptors (Lipinski definition) is 4. The van der Waals surface area contributed by atoms with Crippen molar-refractivity contribution < 1.29 is 13.2 Å². The van der Waals surface area contributed by atoms with Gasteiger partial charge in [-0.1, -0.05) is 11.6 Å². The molecule has 1 fully saturated rings. The van der Waals surface area contributed by atoms with Gasteiger partial charge in [-0.2, -0.15) is 0 Å². The summed E-state index contributed by atoms with van der Waals surface area (Å²) in [5, 5.41) is 0.384. The van der Waals surface area contributed by atoms with E-state index in [-0.39, 0.29) is 17.5 Å². The average molecular weight is 288 g/mol. The van der Waals surface area contributed by atoms with Crippen LogP contribution in [-0.2, 0) is 9.84 Å². The molecule has 1 aromatic rings. The first-order valence-corrected chi connectivity index (χ1v) is 7.81. The van der Waals surface area contributed by atoms with Crippen LogP contribution >= 0.6 is 11.6 Å². The highest BCUT2D eigenvalue weighted by Crippen LogP contribution is 2.26. The largest absolute Gasteiger partial charge is 0.371 e. The molecule has 1 atom stereocenters. The first kappa shape index (κ1) is 13.4. The number of benzene rings is 1. The van der Waals surface area contributed by atoms with Crippen molar-refractivity contribution in [1.29, 1.82) is 0 Å². The second-order valence-electron chi connectivity index (χ2n) is 4.49. The first-order valence-electron chi connectivity index (χ1n) is 5.61. The summed E-state index contributed by atoms with van der Waals surface area (Å²) in [7, 11) is -1.06. The molecule has 98 valence electrons. The highest BCUT2D eigenvalue weighted by Gasteiger charge is 2.30. The molecule has 0 saturated carbocycles. The summed E-state index contributed by atoms with van der Waals surface area (Å²) < 4.78 is 22.9. The summed E-state index contributed by atoms with van der Waals surface area (Å²) >= 11 is 5.96. The van der Waals surface area contributed by atoms with Crippen LogP contribution in [0.25, 0.3) is 0 Å². The van der Waals surface area contributed by atoms with Crippen molar-refractivity contribution in [2.75, 3.05) is 23.5 Å². The molecular formula is C12H14ClNO3S. The smallest absolute Gasteiger partial charge is 0.152 e. The van der Waals surface area contributed by atoms with Gasteiger partial charge in [0.2, 0.25) is 0 Å². The molecule has 1 aliphatic rings. The van der Waals surface area contributed by atoms with Crippen LogP contribution < -0.4 is 4.90 Å². The molecule has 4 nitrogen and oxygen atoms in total. The maximum absolute atomic E-state index is 11.4. The van der Waals surface area contributed by atoms with Gasteiger partial charge in [-0.15, -0.1) is 0 Å². The van der Waals surface area contributed by atoms with Gasteiger partial charge in [0, 0.05) is 24.3 Å². The van der Waals surface area contributed by atoms with E-state index >= 15 is 0 Å². The van der Waals surface area contributed by atoms with E-state index in [0.29, 0.717) is 23.3 Å². The van der Waals surface area contributed by atoms with Crippen LogP contribution in [0.4, 0.5) is 5.69 Å². The summed E-state index contributed by atoms with van der Waals surface area (Å²) in [5.41, 5.74) is 1.26. The van der Waals surface area contributed by atoms with Crippen LogP contribution in [0.5, 0.6) is 0 Å². The fraction of sp³-hybridized carbons (Fsp3) is 0.417. The van der Waals surface area contributed by atoms with E-state index in [9.17, 15) is 13.2 Å². The van der Waals surface area contributed by atoms with Gasteiger partial charge in [0.1, 0.15) is 0 Å². The van der Waals surface area contributed by atoms with Gasteiger partial charge >= 0.3 is 0 Å². The quantitative estimate of drug-likeness (QED) is 0.795. The Morgan fingerprint density at radius 3 is 2.67 bits per heavy atom. The number of nitrogens with zero attached hydrogens (tertiary/aromatic N) is 1. The van der Waals surface area contributed by atoms with Gasteiger partial charge < -0.3 is 4.90 Å². The Hall–Kier alpha value is -1.07. The average Bonchev–Trinajstić information content (AvgIpc) is 2.68. The zero-order chi connectivity index (χ0) is 13.3. The number of carbonyl (C=O) groups is 1. The second kappa shape index (κ2) is 4.90. The molecule has 1 unspecified atom stereocenters. The topological polar surface area (TPSA) is 54.5 Å². The fourth-order valence-electron chi connectivity index (χ4n) is 2.12. The number of sulfone groups is 1. The molecule has 0 spiro atoms. The van der Waals surface area contributed by atoms with Crippen molar-refractivity contribution in [1.82, 2.24) is 0 Å². The van der Waals surface area contributed by atoms with E-state index in [1.165, 1.54) is 0 Å². The maximum Gasteiger partial charge on any atom is 0.152 e. The lowest BCUT2D eigenvalue weighted by Gasteiger charge is -2.25. The van der Waals surface area contributed by atoms with Crippen molar-refractivity contribution in [2.24, 2.45) is 0 Å². The summed E-state index contributed by atoms with van der Waals surface area (Å²) in [6.07, 6.45) is 1.33. The molecule has 1 aliphatic heterocycles. The second-order valence-corrected chi connectivity index (χ2v) is 7.13. The zero-order valence-electron chi connectivity index (χ0n) is 9.97. The van der Waals surface area contributed by atoms with Crippen LogP contribution in [0.1, 0.15) is 16.8 Å². The van der Waals surface area contributed by atoms with Gasteiger partial charge in [0.25, 0.3) is 0 Å². The van der Waals surface area contributed by atoms with Gasteiger partial charge in [0.15, 0.2) is 16.1 Å². The number of anilines is 1. The number of carbonyl (C=O) groups excluding carboxylic acids is 1. The number of rotatable bonds is 3. The Kier molecular flexibility index (Phi) is 3.64. The normalized spacial score (nSPS) is 21.8. The molecule has 2 rings (SSSR count). The van der Waals surface area contributed by atoms with Gasteiger partial charge in [-0.05, 0) is 24.6 Å². The zero-order valence-corrected chi connectivity index (χ0v) is 11.5. The molecule has 1 saturated heterocycles. The van der Waals surface area contributed by atoms with Gasteiger partial charge in [-0.3, -0.25) is 4.79 Å². The van der Waals surface area contributed by atoms with Crippen molar-refractivity contribution >= 4 is 33.4 Å². The minimum atomic E-state index is -2.90. The predicted molar refractivity (Wildman–Crippen MR) is 72.3 cm³/mol. The number of halogens is 1. The molecular weight excluding hydrogens is 274 g/mol. The molecule has 18 heavy (non-hydrogen) atoms. The molecule has 0 aliphatic carbocycles. The van der Waals surface area contributed by atoms with Crippen molar-refractivity contribution in [3.8, 4) is 0 Å². The van der Waals surface area contributed by atoms with Crippen LogP contribution in [0, 0.1) is 0 Å². The van der Waals surface area contributed by atoms with Crippen molar-refractivity contribution in [2.45, 2.75) is 12.5 Å². The SMILES string of the molecule is CN(c1ccc(C=O)c(Cl)c1)C1CCS(=O)(=O)C1. The third-order valence-electron chi connectivity index (χ3n) is 3.27. The Morgan fingerprint density at radius 1 is 1.44 bits per heavy atom. The highest BCUT2D eigenvalue weighted by molar-refractivity contribution is 7.91. The summed E-state index contributed by atoms with van der Waals surface area (Å²) in [6, 6.07) is 5.09. The minimum Gasteiger partial charge on any atom is -0.371 e. The van der Waals surface area contributed by atoms with E-state index in [4.69, 9.17) is 11.6 Å². The summed E-state index contributed by atoms with van der Waals surface area (Å²) in [5.74, 6) is 0.415. The predicted octanol–water partition coefficient (Wildman–Crippen LogP) is 1.78. The number of aldehydes is 1. The van der Waals surface area contributed by atoms with Gasteiger partial charge in [0.05, 0.1) is 16.5 Å². The monoisotopic (exact) mass is 287 g/mol. The third-order valence-corrected chi connectivity index (χ3v) is 5.35. The van der Waals surface area contributed by atoms with Gasteiger partial charge in [-0.25, -0.2) is 8.42 Å². The standard InChI is InChI=1S/C12H14ClNO3S/c1-14(11-4-5-18(16,17)8-11)10-3-2-9(7-15)12(13)6-10/h2-3,6-7,11H,4-5,8H2,1H3. The third kappa shape index (κ3) is 2.67. The molecule has 0 aromatic heterocycles. The maximum atomic E-state index is 11.4.